The van der Waals surface area contributed by atoms with E-state index in [0.29, 0.717) is 11.8 Å². The molecule has 4 aliphatic heterocycles. The number of benzene rings is 1. The van der Waals surface area contributed by atoms with Crippen LogP contribution in [0.15, 0.2) is 18.2 Å². The molecule has 0 aliphatic carbocycles. The number of nitro groups is 1. The molecule has 270 valence electrons. The Morgan fingerprint density at radius 3 is 1.50 bits per heavy atom. The summed E-state index contributed by atoms with van der Waals surface area (Å²) in [6.07, 6.45) is 8.76. The molecule has 1 N–H and O–H groups in total. The van der Waals surface area contributed by atoms with Crippen molar-refractivity contribution in [1.29, 1.82) is 0 Å². The van der Waals surface area contributed by atoms with E-state index in [1.165, 1.54) is 18.9 Å². The molecule has 2 amide bonds. The summed E-state index contributed by atoms with van der Waals surface area (Å²) in [7, 11) is 0. The fourth-order valence-electron chi connectivity index (χ4n) is 7.55. The van der Waals surface area contributed by atoms with Crippen molar-refractivity contribution in [2.75, 3.05) is 57.3 Å². The zero-order chi connectivity index (χ0) is 35.1. The van der Waals surface area contributed by atoms with Gasteiger partial charge in [-0.3, -0.25) is 10.1 Å². The van der Waals surface area contributed by atoms with Gasteiger partial charge in [0.2, 0.25) is 0 Å². The van der Waals surface area contributed by atoms with E-state index in [2.05, 4.69) is 10.2 Å². The van der Waals surface area contributed by atoms with Crippen molar-refractivity contribution in [2.45, 2.75) is 104 Å². The van der Waals surface area contributed by atoms with Gasteiger partial charge in [0.15, 0.2) is 0 Å². The van der Waals surface area contributed by atoms with Gasteiger partial charge in [-0.15, -0.1) is 0 Å². The summed E-state index contributed by atoms with van der Waals surface area (Å²) in [6, 6.07) is 4.96. The second-order valence-corrected chi connectivity index (χ2v) is 16.3. The van der Waals surface area contributed by atoms with Crippen LogP contribution in [0, 0.1) is 33.8 Å². The van der Waals surface area contributed by atoms with Crippen LogP contribution in [0.2, 0.25) is 5.02 Å². The molecule has 11 nitrogen and oxygen atoms in total. The van der Waals surface area contributed by atoms with Crippen molar-refractivity contribution in [2.24, 2.45) is 23.7 Å². The number of carbonyl (C=O) groups is 2. The highest BCUT2D eigenvalue weighted by Gasteiger charge is 2.33. The first-order valence-electron chi connectivity index (χ1n) is 17.9. The second kappa shape index (κ2) is 16.7. The van der Waals surface area contributed by atoms with Gasteiger partial charge in [0.05, 0.1) is 4.92 Å². The molecule has 4 aliphatic rings. The largest absolute Gasteiger partial charge is 0.444 e. The van der Waals surface area contributed by atoms with Crippen molar-refractivity contribution in [3.05, 3.63) is 33.3 Å². The van der Waals surface area contributed by atoms with Crippen molar-refractivity contribution < 1.29 is 24.0 Å². The molecule has 4 heterocycles. The highest BCUT2D eigenvalue weighted by atomic mass is 35.5. The molecule has 5 rings (SSSR count). The molecule has 4 saturated heterocycles. The SMILES string of the molecule is CC(C)(C)OC(=O)N1CCC(C2CCN(c3ccc([N+](=O)[O-])c(Cl)c3)CC2)CC1.CC(C)(C)OC(=O)N1CCC(C2CCNCC2)CC1. The van der Waals surface area contributed by atoms with Gasteiger partial charge in [0.25, 0.3) is 5.69 Å². The summed E-state index contributed by atoms with van der Waals surface area (Å²) in [5.74, 6) is 2.96. The van der Waals surface area contributed by atoms with Gasteiger partial charge in [-0.1, -0.05) is 11.6 Å². The summed E-state index contributed by atoms with van der Waals surface area (Å²) in [5, 5.41) is 14.5. The number of nitrogens with one attached hydrogen (secondary N) is 1. The third-order valence-electron chi connectivity index (χ3n) is 10.1. The van der Waals surface area contributed by atoms with Crippen LogP contribution in [0.3, 0.4) is 0 Å². The monoisotopic (exact) mass is 691 g/mol. The first kappa shape index (κ1) is 38.0. The van der Waals surface area contributed by atoms with Crippen molar-refractivity contribution >= 4 is 35.2 Å². The summed E-state index contributed by atoms with van der Waals surface area (Å²) in [6.45, 7) is 18.9. The third kappa shape index (κ3) is 11.4. The minimum atomic E-state index is -0.457. The summed E-state index contributed by atoms with van der Waals surface area (Å²) in [5.41, 5.74) is 0.0469. The van der Waals surface area contributed by atoms with E-state index in [1.807, 2.05) is 51.3 Å². The van der Waals surface area contributed by atoms with E-state index < -0.39 is 10.5 Å². The van der Waals surface area contributed by atoms with E-state index in [4.69, 9.17) is 21.1 Å². The number of ether oxygens (including phenoxy) is 2. The molecule has 0 radical (unpaired) electrons. The van der Waals surface area contributed by atoms with Gasteiger partial charge in [-0.05, 0) is 142 Å². The lowest BCUT2D eigenvalue weighted by Crippen LogP contribution is -2.44. The maximum atomic E-state index is 12.2. The Hall–Kier alpha value is -2.79. The number of nitro benzene ring substituents is 1. The maximum Gasteiger partial charge on any atom is 0.410 e. The normalized spacial score (nSPS) is 20.9. The zero-order valence-electron chi connectivity index (χ0n) is 30.0. The molecule has 0 aromatic heterocycles. The predicted molar refractivity (Wildman–Crippen MR) is 190 cm³/mol. The molecule has 48 heavy (non-hydrogen) atoms. The van der Waals surface area contributed by atoms with Gasteiger partial charge in [0.1, 0.15) is 16.2 Å². The number of hydrogen-bond donors (Lipinski definition) is 1. The number of piperidine rings is 4. The lowest BCUT2D eigenvalue weighted by atomic mass is 9.79. The van der Waals surface area contributed by atoms with Crippen LogP contribution in [-0.2, 0) is 9.47 Å². The average molecular weight is 692 g/mol. The van der Waals surface area contributed by atoms with E-state index in [-0.39, 0.29) is 28.5 Å². The van der Waals surface area contributed by atoms with Crippen LogP contribution in [0.25, 0.3) is 0 Å². The molecule has 1 aromatic rings. The van der Waals surface area contributed by atoms with Gasteiger partial charge in [-0.2, -0.15) is 0 Å². The quantitative estimate of drug-likeness (QED) is 0.252. The number of likely N-dealkylation sites (tertiary alicyclic amines) is 2. The number of carbonyl (C=O) groups excluding carboxylic acids is 2. The molecule has 1 aromatic carbocycles. The predicted octanol–water partition coefficient (Wildman–Crippen LogP) is 7.74. The Morgan fingerprint density at radius 1 is 0.729 bits per heavy atom. The molecular weight excluding hydrogens is 634 g/mol. The minimum Gasteiger partial charge on any atom is -0.444 e. The number of rotatable bonds is 4. The number of hydrogen-bond acceptors (Lipinski definition) is 8. The van der Waals surface area contributed by atoms with Crippen LogP contribution in [0.5, 0.6) is 0 Å². The van der Waals surface area contributed by atoms with Crippen LogP contribution in [-0.4, -0.2) is 90.5 Å². The van der Waals surface area contributed by atoms with Crippen molar-refractivity contribution in [3.63, 3.8) is 0 Å². The van der Waals surface area contributed by atoms with E-state index >= 15 is 0 Å². The molecule has 0 bridgehead atoms. The number of amides is 2. The summed E-state index contributed by atoms with van der Waals surface area (Å²) >= 11 is 6.06. The van der Waals surface area contributed by atoms with Gasteiger partial charge in [0, 0.05) is 51.0 Å². The highest BCUT2D eigenvalue weighted by molar-refractivity contribution is 6.32. The third-order valence-corrected chi connectivity index (χ3v) is 10.4. The summed E-state index contributed by atoms with van der Waals surface area (Å²) < 4.78 is 10.9. The van der Waals surface area contributed by atoms with Crippen LogP contribution < -0.4 is 10.2 Å². The Labute approximate surface area is 292 Å². The maximum absolute atomic E-state index is 12.2. The van der Waals surface area contributed by atoms with Crippen LogP contribution in [0.1, 0.15) is 92.9 Å². The van der Waals surface area contributed by atoms with E-state index in [9.17, 15) is 19.7 Å². The zero-order valence-corrected chi connectivity index (χ0v) is 30.7. The fourth-order valence-corrected chi connectivity index (χ4v) is 7.79. The molecule has 0 atom stereocenters. The smallest absolute Gasteiger partial charge is 0.410 e. The topological polar surface area (TPSA) is 117 Å². The molecule has 12 heteroatoms. The minimum absolute atomic E-state index is 0.0537. The lowest BCUT2D eigenvalue weighted by Gasteiger charge is -2.41. The number of halogens is 1. The first-order chi connectivity index (χ1) is 22.6. The van der Waals surface area contributed by atoms with E-state index in [1.54, 1.807) is 12.1 Å². The highest BCUT2D eigenvalue weighted by Crippen LogP contribution is 2.36. The fraction of sp³-hybridized carbons (Fsp3) is 0.778. The van der Waals surface area contributed by atoms with Gasteiger partial charge in [-0.25, -0.2) is 9.59 Å². The Balaban J connectivity index is 0.000000237. The molecule has 0 spiro atoms. The Bertz CT molecular complexity index is 1220. The lowest BCUT2D eigenvalue weighted by molar-refractivity contribution is -0.384. The summed E-state index contributed by atoms with van der Waals surface area (Å²) in [4.78, 5) is 40.7. The van der Waals surface area contributed by atoms with Gasteiger partial charge < -0.3 is 29.5 Å². The number of anilines is 1. The molecular formula is C36H58ClN5O6. The Morgan fingerprint density at radius 2 is 1.12 bits per heavy atom. The van der Waals surface area contributed by atoms with Crippen LogP contribution in [0.4, 0.5) is 21.0 Å². The molecule has 0 saturated carbocycles. The first-order valence-corrected chi connectivity index (χ1v) is 18.3. The molecule has 4 fully saturated rings. The van der Waals surface area contributed by atoms with Gasteiger partial charge >= 0.3 is 12.2 Å². The second-order valence-electron chi connectivity index (χ2n) is 15.9. The Kier molecular flexibility index (Phi) is 13.3. The van der Waals surface area contributed by atoms with Crippen molar-refractivity contribution in [3.8, 4) is 0 Å². The standard InChI is InChI=1S/C21H30ClN3O4.C15H28N2O2/c1-21(2,3)29-20(26)24-12-8-16(9-13-24)15-6-10-23(11-7-15)17-4-5-19(25(27)28)18(22)14-17;1-15(2,3)19-14(18)17-10-6-13(7-11-17)12-4-8-16-9-5-12/h4-5,14-16H,6-13H2,1-3H3;12-13,16H,4-11H2,1-3H3. The average Bonchev–Trinajstić information content (AvgIpc) is 3.04. The van der Waals surface area contributed by atoms with Crippen LogP contribution >= 0.6 is 11.6 Å². The number of nitrogens with zero attached hydrogens (tertiary/aromatic N) is 4. The van der Waals surface area contributed by atoms with E-state index in [0.717, 1.165) is 108 Å². The molecule has 0 unspecified atom stereocenters. The van der Waals surface area contributed by atoms with Crippen molar-refractivity contribution in [1.82, 2.24) is 15.1 Å².